The lowest BCUT2D eigenvalue weighted by molar-refractivity contribution is 0.0771. The molecule has 0 unspecified atom stereocenters. The zero-order valence-electron chi connectivity index (χ0n) is 10.6. The van der Waals surface area contributed by atoms with E-state index in [1.165, 1.54) is 32.4 Å². The summed E-state index contributed by atoms with van der Waals surface area (Å²) in [5, 5.41) is 6.54. The Morgan fingerprint density at radius 3 is 2.83 bits per heavy atom. The molecule has 2 fully saturated rings. The van der Waals surface area contributed by atoms with Crippen molar-refractivity contribution in [2.45, 2.75) is 31.7 Å². The van der Waals surface area contributed by atoms with E-state index >= 15 is 0 Å². The molecule has 2 saturated heterocycles. The van der Waals surface area contributed by atoms with E-state index in [4.69, 9.17) is 0 Å². The number of nitrogens with one attached hydrogen (secondary N) is 1. The molecule has 0 aromatic carbocycles. The van der Waals surface area contributed by atoms with Crippen molar-refractivity contribution in [3.05, 3.63) is 18.0 Å². The van der Waals surface area contributed by atoms with E-state index in [-0.39, 0.29) is 5.91 Å². The molecule has 1 aromatic heterocycles. The van der Waals surface area contributed by atoms with E-state index in [9.17, 15) is 4.79 Å². The van der Waals surface area contributed by atoms with Gasteiger partial charge in [0.2, 0.25) is 0 Å². The first-order valence-electron chi connectivity index (χ1n) is 6.87. The maximum Gasteiger partial charge on any atom is 0.257 e. The van der Waals surface area contributed by atoms with E-state index in [1.54, 1.807) is 12.4 Å². The van der Waals surface area contributed by atoms with Crippen LogP contribution in [-0.2, 0) is 0 Å². The second-order valence-electron chi connectivity index (χ2n) is 5.28. The van der Waals surface area contributed by atoms with Crippen LogP contribution in [0.3, 0.4) is 0 Å². The Morgan fingerprint density at radius 2 is 2.11 bits per heavy atom. The van der Waals surface area contributed by atoms with Crippen molar-refractivity contribution in [1.29, 1.82) is 0 Å². The number of H-pyrrole nitrogens is 1. The molecule has 2 aliphatic heterocycles. The number of aromatic nitrogens is 2. The standard InChI is InChI=1S/C13H20N4O/c18-13(11-8-14-15-9-11)17-7-4-12(10-17)16-5-2-1-3-6-16/h8-9,12H,1-7,10H2,(H,14,15)/t12-/m0/s1. The van der Waals surface area contributed by atoms with Crippen LogP contribution in [0.5, 0.6) is 0 Å². The predicted molar refractivity (Wildman–Crippen MR) is 68.3 cm³/mol. The van der Waals surface area contributed by atoms with Gasteiger partial charge in [-0.15, -0.1) is 0 Å². The third kappa shape index (κ3) is 2.27. The van der Waals surface area contributed by atoms with Crippen molar-refractivity contribution < 1.29 is 4.79 Å². The van der Waals surface area contributed by atoms with E-state index in [0.717, 1.165) is 19.5 Å². The number of carbonyl (C=O) groups is 1. The van der Waals surface area contributed by atoms with E-state index < -0.39 is 0 Å². The van der Waals surface area contributed by atoms with Crippen LogP contribution in [0.15, 0.2) is 12.4 Å². The summed E-state index contributed by atoms with van der Waals surface area (Å²) < 4.78 is 0. The highest BCUT2D eigenvalue weighted by atomic mass is 16.2. The van der Waals surface area contributed by atoms with Crippen LogP contribution in [0.25, 0.3) is 0 Å². The smallest absolute Gasteiger partial charge is 0.257 e. The van der Waals surface area contributed by atoms with Crippen molar-refractivity contribution in [2.75, 3.05) is 26.2 Å². The highest BCUT2D eigenvalue weighted by Crippen LogP contribution is 2.21. The Bertz CT molecular complexity index is 397. The average molecular weight is 248 g/mol. The summed E-state index contributed by atoms with van der Waals surface area (Å²) in [5.41, 5.74) is 0.675. The van der Waals surface area contributed by atoms with Crippen molar-refractivity contribution in [2.24, 2.45) is 0 Å². The van der Waals surface area contributed by atoms with Gasteiger partial charge in [0.05, 0.1) is 11.8 Å². The van der Waals surface area contributed by atoms with Crippen LogP contribution in [-0.4, -0.2) is 58.1 Å². The number of amides is 1. The zero-order valence-corrected chi connectivity index (χ0v) is 10.6. The number of piperidine rings is 1. The minimum atomic E-state index is 0.114. The Balaban J connectivity index is 1.59. The molecule has 2 aliphatic rings. The zero-order chi connectivity index (χ0) is 12.4. The molecular formula is C13H20N4O. The molecule has 0 saturated carbocycles. The summed E-state index contributed by atoms with van der Waals surface area (Å²) in [6.45, 7) is 4.17. The number of carbonyl (C=O) groups excluding carboxylic acids is 1. The van der Waals surface area contributed by atoms with Gasteiger partial charge in [0.1, 0.15) is 0 Å². The first-order valence-corrected chi connectivity index (χ1v) is 6.87. The maximum absolute atomic E-state index is 12.2. The lowest BCUT2D eigenvalue weighted by Crippen LogP contribution is -2.41. The van der Waals surface area contributed by atoms with Gasteiger partial charge in [0.15, 0.2) is 0 Å². The molecule has 0 aliphatic carbocycles. The number of rotatable bonds is 2. The van der Waals surface area contributed by atoms with Crippen LogP contribution in [0, 0.1) is 0 Å². The Labute approximate surface area is 107 Å². The van der Waals surface area contributed by atoms with Crippen molar-refractivity contribution in [3.63, 3.8) is 0 Å². The lowest BCUT2D eigenvalue weighted by Gasteiger charge is -2.32. The summed E-state index contributed by atoms with van der Waals surface area (Å²) in [7, 11) is 0. The third-order valence-corrected chi connectivity index (χ3v) is 4.10. The van der Waals surface area contributed by atoms with Gasteiger partial charge in [-0.25, -0.2) is 0 Å². The largest absolute Gasteiger partial charge is 0.337 e. The molecule has 18 heavy (non-hydrogen) atoms. The highest BCUT2D eigenvalue weighted by Gasteiger charge is 2.31. The molecule has 1 amide bonds. The fourth-order valence-electron chi connectivity index (χ4n) is 3.06. The first kappa shape index (κ1) is 11.7. The Morgan fingerprint density at radius 1 is 1.28 bits per heavy atom. The van der Waals surface area contributed by atoms with E-state index in [0.29, 0.717) is 11.6 Å². The van der Waals surface area contributed by atoms with Crippen LogP contribution in [0.1, 0.15) is 36.0 Å². The summed E-state index contributed by atoms with van der Waals surface area (Å²) in [6.07, 6.45) is 8.38. The van der Waals surface area contributed by atoms with Crippen molar-refractivity contribution in [1.82, 2.24) is 20.0 Å². The quantitative estimate of drug-likeness (QED) is 0.853. The lowest BCUT2D eigenvalue weighted by atomic mass is 10.1. The number of aromatic amines is 1. The summed E-state index contributed by atoms with van der Waals surface area (Å²) in [4.78, 5) is 16.7. The van der Waals surface area contributed by atoms with Crippen LogP contribution >= 0.6 is 0 Å². The van der Waals surface area contributed by atoms with Crippen LogP contribution in [0.4, 0.5) is 0 Å². The number of hydrogen-bond acceptors (Lipinski definition) is 3. The second kappa shape index (κ2) is 5.10. The molecule has 0 radical (unpaired) electrons. The first-order chi connectivity index (χ1) is 8.84. The molecule has 5 nitrogen and oxygen atoms in total. The average Bonchev–Trinajstić information content (AvgIpc) is 3.10. The molecule has 1 atom stereocenters. The number of likely N-dealkylation sites (tertiary alicyclic amines) is 2. The van der Waals surface area contributed by atoms with Crippen molar-refractivity contribution >= 4 is 5.91 Å². The predicted octanol–water partition coefficient (Wildman–Crippen LogP) is 1.11. The summed E-state index contributed by atoms with van der Waals surface area (Å²) >= 11 is 0. The molecule has 1 aromatic rings. The normalized spacial score (nSPS) is 25.6. The molecule has 5 heteroatoms. The minimum Gasteiger partial charge on any atom is -0.337 e. The van der Waals surface area contributed by atoms with Crippen LogP contribution < -0.4 is 0 Å². The molecule has 3 rings (SSSR count). The molecule has 1 N–H and O–H groups in total. The fraction of sp³-hybridized carbons (Fsp3) is 0.692. The molecular weight excluding hydrogens is 228 g/mol. The highest BCUT2D eigenvalue weighted by molar-refractivity contribution is 5.93. The number of nitrogens with zero attached hydrogens (tertiary/aromatic N) is 3. The molecule has 0 spiro atoms. The van der Waals surface area contributed by atoms with Crippen LogP contribution in [0.2, 0.25) is 0 Å². The van der Waals surface area contributed by atoms with Gasteiger partial charge < -0.3 is 4.90 Å². The molecule has 98 valence electrons. The van der Waals surface area contributed by atoms with E-state index in [2.05, 4.69) is 15.1 Å². The third-order valence-electron chi connectivity index (χ3n) is 4.10. The Hall–Kier alpha value is -1.36. The summed E-state index contributed by atoms with van der Waals surface area (Å²) in [6, 6.07) is 0.571. The molecule has 0 bridgehead atoms. The maximum atomic E-state index is 12.2. The van der Waals surface area contributed by atoms with Gasteiger partial charge in [0.25, 0.3) is 5.91 Å². The van der Waals surface area contributed by atoms with Gasteiger partial charge in [-0.2, -0.15) is 5.10 Å². The summed E-state index contributed by atoms with van der Waals surface area (Å²) in [5.74, 6) is 0.114. The van der Waals surface area contributed by atoms with Gasteiger partial charge in [-0.05, 0) is 32.4 Å². The van der Waals surface area contributed by atoms with Gasteiger partial charge in [-0.1, -0.05) is 6.42 Å². The second-order valence-corrected chi connectivity index (χ2v) is 5.28. The Kier molecular flexibility index (Phi) is 3.32. The monoisotopic (exact) mass is 248 g/mol. The number of hydrogen-bond donors (Lipinski definition) is 1. The molecule has 3 heterocycles. The SMILES string of the molecule is O=C(c1cn[nH]c1)N1CC[C@H](N2CCCCC2)C1. The van der Waals surface area contributed by atoms with Gasteiger partial charge >= 0.3 is 0 Å². The van der Waals surface area contributed by atoms with Crippen molar-refractivity contribution in [3.8, 4) is 0 Å². The minimum absolute atomic E-state index is 0.114. The van der Waals surface area contributed by atoms with E-state index in [1.807, 2.05) is 4.90 Å². The fourth-order valence-corrected chi connectivity index (χ4v) is 3.06. The van der Waals surface area contributed by atoms with Gasteiger partial charge in [-0.3, -0.25) is 14.8 Å². The topological polar surface area (TPSA) is 52.2 Å². The van der Waals surface area contributed by atoms with Gasteiger partial charge in [0, 0.05) is 25.3 Å².